The molecule has 1 aliphatic heterocycles. The number of likely N-dealkylation sites (tertiary alicyclic amines) is 1. The molecule has 1 N–H and O–H groups in total. The van der Waals surface area contributed by atoms with E-state index in [2.05, 4.69) is 39.6 Å². The van der Waals surface area contributed by atoms with E-state index < -0.39 is 5.60 Å². The third kappa shape index (κ3) is 4.96. The van der Waals surface area contributed by atoms with Crippen molar-refractivity contribution in [3.05, 3.63) is 20.8 Å². The Balaban J connectivity index is 1.91. The number of nitrogens with zero attached hydrogens (tertiary/aromatic N) is 1. The van der Waals surface area contributed by atoms with Crippen LogP contribution < -0.4 is 5.32 Å². The van der Waals surface area contributed by atoms with Crippen molar-refractivity contribution in [1.29, 1.82) is 0 Å². The zero-order chi connectivity index (χ0) is 16.3. The summed E-state index contributed by atoms with van der Waals surface area (Å²) in [6, 6.07) is 2.59. The fourth-order valence-corrected chi connectivity index (χ4v) is 4.07. The van der Waals surface area contributed by atoms with Gasteiger partial charge in [0.05, 0.1) is 0 Å². The van der Waals surface area contributed by atoms with E-state index in [1.54, 1.807) is 11.3 Å². The molecule has 4 nitrogen and oxygen atoms in total. The molecule has 0 bridgehead atoms. The largest absolute Gasteiger partial charge is 0.444 e. The summed E-state index contributed by atoms with van der Waals surface area (Å²) in [5.41, 5.74) is -0.444. The molecule has 0 aliphatic carbocycles. The summed E-state index contributed by atoms with van der Waals surface area (Å²) in [6.45, 7) is 9.44. The van der Waals surface area contributed by atoms with Crippen LogP contribution >= 0.6 is 27.3 Å². The van der Waals surface area contributed by atoms with Crippen LogP contribution in [0.25, 0.3) is 0 Å². The van der Waals surface area contributed by atoms with E-state index in [-0.39, 0.29) is 12.1 Å². The highest BCUT2D eigenvalue weighted by Crippen LogP contribution is 2.23. The number of piperidine rings is 1. The molecule has 124 valence electrons. The van der Waals surface area contributed by atoms with E-state index >= 15 is 0 Å². The molecule has 2 unspecified atom stereocenters. The summed E-state index contributed by atoms with van der Waals surface area (Å²) in [5.74, 6) is 0. The number of carbonyl (C=O) groups is 1. The molecule has 0 spiro atoms. The van der Waals surface area contributed by atoms with E-state index in [1.807, 2.05) is 25.7 Å². The summed E-state index contributed by atoms with van der Waals surface area (Å²) in [5, 5.41) is 5.68. The van der Waals surface area contributed by atoms with Crippen LogP contribution in [0, 0.1) is 0 Å². The van der Waals surface area contributed by atoms with Crippen LogP contribution in [0.1, 0.15) is 45.4 Å². The molecule has 1 aromatic rings. The predicted molar refractivity (Wildman–Crippen MR) is 94.3 cm³/mol. The third-order valence-electron chi connectivity index (χ3n) is 3.78. The van der Waals surface area contributed by atoms with E-state index in [4.69, 9.17) is 4.74 Å². The second-order valence-electron chi connectivity index (χ2n) is 6.78. The van der Waals surface area contributed by atoms with Crippen molar-refractivity contribution in [2.24, 2.45) is 0 Å². The topological polar surface area (TPSA) is 41.6 Å². The lowest BCUT2D eigenvalue weighted by Crippen LogP contribution is -2.55. The third-order valence-corrected chi connectivity index (χ3v) is 5.47. The average molecular weight is 389 g/mol. The van der Waals surface area contributed by atoms with Crippen LogP contribution in [-0.2, 0) is 11.3 Å². The second kappa shape index (κ2) is 7.32. The minimum Gasteiger partial charge on any atom is -0.444 e. The van der Waals surface area contributed by atoms with Gasteiger partial charge >= 0.3 is 6.09 Å². The zero-order valence-electron chi connectivity index (χ0n) is 13.7. The number of halogens is 1. The fraction of sp³-hybridized carbons (Fsp3) is 0.688. The summed E-state index contributed by atoms with van der Waals surface area (Å²) >= 11 is 5.22. The zero-order valence-corrected chi connectivity index (χ0v) is 16.1. The predicted octanol–water partition coefficient (Wildman–Crippen LogP) is 4.39. The lowest BCUT2D eigenvalue weighted by Gasteiger charge is -2.40. The molecule has 0 aromatic carbocycles. The van der Waals surface area contributed by atoms with Gasteiger partial charge in [-0.15, -0.1) is 11.3 Å². The van der Waals surface area contributed by atoms with Crippen LogP contribution in [0.4, 0.5) is 4.79 Å². The van der Waals surface area contributed by atoms with Crippen molar-refractivity contribution in [3.63, 3.8) is 0 Å². The summed E-state index contributed by atoms with van der Waals surface area (Å²) in [4.78, 5) is 15.5. The van der Waals surface area contributed by atoms with Gasteiger partial charge in [-0.1, -0.05) is 0 Å². The Morgan fingerprint density at radius 3 is 2.86 bits per heavy atom. The van der Waals surface area contributed by atoms with Crippen molar-refractivity contribution in [2.45, 2.75) is 64.8 Å². The monoisotopic (exact) mass is 388 g/mol. The summed E-state index contributed by atoms with van der Waals surface area (Å²) in [7, 11) is 0. The van der Waals surface area contributed by atoms with Gasteiger partial charge in [0.15, 0.2) is 0 Å². The number of ether oxygens (including phenoxy) is 1. The minimum absolute atomic E-state index is 0.145. The standard InChI is InChI=1S/C16H25BrN2O2S/c1-11-14(18-9-13-8-12(17)10-22-13)6-5-7-19(11)15(20)21-16(2,3)4/h8,10-11,14,18H,5-7,9H2,1-4H3. The summed E-state index contributed by atoms with van der Waals surface area (Å²) in [6.07, 6.45) is 1.90. The van der Waals surface area contributed by atoms with Gasteiger partial charge in [-0.25, -0.2) is 4.79 Å². The number of rotatable bonds is 3. The molecule has 0 saturated carbocycles. The number of amides is 1. The molecule has 1 amide bonds. The molecule has 2 rings (SSSR count). The molecule has 1 saturated heterocycles. The van der Waals surface area contributed by atoms with Crippen molar-refractivity contribution in [1.82, 2.24) is 10.2 Å². The van der Waals surface area contributed by atoms with Crippen LogP contribution in [0.5, 0.6) is 0 Å². The number of hydrogen-bond acceptors (Lipinski definition) is 4. The molecule has 1 aliphatic rings. The van der Waals surface area contributed by atoms with Gasteiger partial charge in [-0.05, 0) is 62.5 Å². The molecule has 2 atom stereocenters. The fourth-order valence-electron chi connectivity index (χ4n) is 2.67. The van der Waals surface area contributed by atoms with E-state index in [0.717, 1.165) is 30.4 Å². The van der Waals surface area contributed by atoms with Crippen LogP contribution in [0.2, 0.25) is 0 Å². The van der Waals surface area contributed by atoms with Gasteiger partial charge in [0, 0.05) is 39.9 Å². The normalized spacial score (nSPS) is 22.7. The van der Waals surface area contributed by atoms with Gasteiger partial charge in [0.25, 0.3) is 0 Å². The highest BCUT2D eigenvalue weighted by Gasteiger charge is 2.33. The maximum atomic E-state index is 12.3. The van der Waals surface area contributed by atoms with E-state index in [0.29, 0.717) is 6.04 Å². The minimum atomic E-state index is -0.444. The summed E-state index contributed by atoms with van der Waals surface area (Å²) < 4.78 is 6.64. The molecule has 1 fully saturated rings. The van der Waals surface area contributed by atoms with Gasteiger partial charge in [0.2, 0.25) is 0 Å². The Kier molecular flexibility index (Phi) is 5.91. The number of hydrogen-bond donors (Lipinski definition) is 1. The van der Waals surface area contributed by atoms with Gasteiger partial charge in [0.1, 0.15) is 5.60 Å². The molecule has 22 heavy (non-hydrogen) atoms. The van der Waals surface area contributed by atoms with E-state index in [1.165, 1.54) is 4.88 Å². The Morgan fingerprint density at radius 2 is 2.27 bits per heavy atom. The van der Waals surface area contributed by atoms with E-state index in [9.17, 15) is 4.79 Å². The number of carbonyl (C=O) groups excluding carboxylic acids is 1. The maximum absolute atomic E-state index is 12.3. The number of nitrogens with one attached hydrogen (secondary N) is 1. The Morgan fingerprint density at radius 1 is 1.55 bits per heavy atom. The highest BCUT2D eigenvalue weighted by atomic mass is 79.9. The SMILES string of the molecule is CC1C(NCc2cc(Br)cs2)CCCN1C(=O)OC(C)(C)C. The second-order valence-corrected chi connectivity index (χ2v) is 8.69. The molecule has 1 aromatic heterocycles. The first-order valence-corrected chi connectivity index (χ1v) is 9.39. The highest BCUT2D eigenvalue weighted by molar-refractivity contribution is 9.10. The van der Waals surface area contributed by atoms with Crippen LogP contribution in [-0.4, -0.2) is 35.2 Å². The smallest absolute Gasteiger partial charge is 0.410 e. The quantitative estimate of drug-likeness (QED) is 0.834. The van der Waals surface area contributed by atoms with Gasteiger partial charge in [-0.2, -0.15) is 0 Å². The van der Waals surface area contributed by atoms with Gasteiger partial charge in [-0.3, -0.25) is 0 Å². The van der Waals surface area contributed by atoms with Crippen LogP contribution in [0.15, 0.2) is 15.9 Å². The Hall–Kier alpha value is -0.590. The van der Waals surface area contributed by atoms with Crippen LogP contribution in [0.3, 0.4) is 0 Å². The molecule has 6 heteroatoms. The Labute approximate surface area is 145 Å². The van der Waals surface area contributed by atoms with Crippen molar-refractivity contribution in [2.75, 3.05) is 6.54 Å². The van der Waals surface area contributed by atoms with Crippen molar-refractivity contribution < 1.29 is 9.53 Å². The van der Waals surface area contributed by atoms with Gasteiger partial charge < -0.3 is 15.0 Å². The lowest BCUT2D eigenvalue weighted by molar-refractivity contribution is 0.00700. The first-order chi connectivity index (χ1) is 10.3. The first kappa shape index (κ1) is 17.8. The maximum Gasteiger partial charge on any atom is 0.410 e. The average Bonchev–Trinajstić information content (AvgIpc) is 2.81. The van der Waals surface area contributed by atoms with Crippen molar-refractivity contribution in [3.8, 4) is 0 Å². The molecule has 0 radical (unpaired) electrons. The molecular weight excluding hydrogens is 364 g/mol. The van der Waals surface area contributed by atoms with Crippen molar-refractivity contribution >= 4 is 33.4 Å². The Bertz CT molecular complexity index is 512. The first-order valence-electron chi connectivity index (χ1n) is 7.72. The lowest BCUT2D eigenvalue weighted by atomic mass is 9.98. The molecular formula is C16H25BrN2O2S. The number of thiophene rings is 1. The molecule has 2 heterocycles.